The Morgan fingerprint density at radius 1 is 1.21 bits per heavy atom. The van der Waals surface area contributed by atoms with E-state index in [0.29, 0.717) is 12.1 Å². The lowest BCUT2D eigenvalue weighted by atomic mass is 9.92. The zero-order valence-corrected chi connectivity index (χ0v) is 12.9. The zero-order chi connectivity index (χ0) is 13.8. The first-order valence-corrected chi connectivity index (χ1v) is 7.84. The van der Waals surface area contributed by atoms with Gasteiger partial charge < -0.3 is 5.32 Å². The van der Waals surface area contributed by atoms with Crippen LogP contribution in [0.5, 0.6) is 0 Å². The Kier molecular flexibility index (Phi) is 5.03. The highest BCUT2D eigenvalue weighted by Crippen LogP contribution is 2.27. The number of hydrogen-bond acceptors (Lipinski definition) is 2. The Hall–Kier alpha value is -0.830. The molecule has 0 aliphatic heterocycles. The highest BCUT2D eigenvalue weighted by Gasteiger charge is 2.21. The summed E-state index contributed by atoms with van der Waals surface area (Å²) in [5, 5.41) is 8.24. The Bertz CT molecular complexity index is 389. The molecule has 1 aliphatic rings. The van der Waals surface area contributed by atoms with E-state index in [2.05, 4.69) is 37.4 Å². The SMILES string of the molecule is Cc1nn(C)cc1C(C)N[C@H](C)C1CCCCCC1. The van der Waals surface area contributed by atoms with Crippen molar-refractivity contribution in [3.63, 3.8) is 0 Å². The van der Waals surface area contributed by atoms with Gasteiger partial charge in [-0.2, -0.15) is 5.10 Å². The molecule has 19 heavy (non-hydrogen) atoms. The monoisotopic (exact) mass is 263 g/mol. The van der Waals surface area contributed by atoms with E-state index in [-0.39, 0.29) is 0 Å². The summed E-state index contributed by atoms with van der Waals surface area (Å²) in [5.74, 6) is 0.849. The first kappa shape index (κ1) is 14.6. The van der Waals surface area contributed by atoms with Gasteiger partial charge in [-0.05, 0) is 39.5 Å². The summed E-state index contributed by atoms with van der Waals surface area (Å²) in [6.45, 7) is 6.72. The molecular weight excluding hydrogens is 234 g/mol. The summed E-state index contributed by atoms with van der Waals surface area (Å²) < 4.78 is 1.92. The van der Waals surface area contributed by atoms with E-state index in [1.807, 2.05) is 11.7 Å². The van der Waals surface area contributed by atoms with Crippen LogP contribution >= 0.6 is 0 Å². The summed E-state index contributed by atoms with van der Waals surface area (Å²) >= 11 is 0. The molecule has 1 unspecified atom stereocenters. The van der Waals surface area contributed by atoms with E-state index in [4.69, 9.17) is 0 Å². The van der Waals surface area contributed by atoms with E-state index in [1.165, 1.54) is 44.1 Å². The van der Waals surface area contributed by atoms with Gasteiger partial charge >= 0.3 is 0 Å². The van der Waals surface area contributed by atoms with Crippen molar-refractivity contribution in [1.82, 2.24) is 15.1 Å². The van der Waals surface area contributed by atoms with Crippen molar-refractivity contribution in [1.29, 1.82) is 0 Å². The third-order valence-electron chi connectivity index (χ3n) is 4.64. The van der Waals surface area contributed by atoms with Crippen molar-refractivity contribution in [2.24, 2.45) is 13.0 Å². The van der Waals surface area contributed by atoms with Crippen LogP contribution < -0.4 is 5.32 Å². The quantitative estimate of drug-likeness (QED) is 0.839. The van der Waals surface area contributed by atoms with Crippen LogP contribution in [0.3, 0.4) is 0 Å². The molecule has 1 aromatic rings. The lowest BCUT2D eigenvalue weighted by molar-refractivity contribution is 0.316. The predicted molar refractivity (Wildman–Crippen MR) is 80.1 cm³/mol. The van der Waals surface area contributed by atoms with E-state index < -0.39 is 0 Å². The second-order valence-electron chi connectivity index (χ2n) is 6.27. The largest absolute Gasteiger partial charge is 0.307 e. The number of aryl methyl sites for hydroxylation is 2. The fraction of sp³-hybridized carbons (Fsp3) is 0.812. The van der Waals surface area contributed by atoms with Crippen LogP contribution in [-0.4, -0.2) is 15.8 Å². The molecule has 108 valence electrons. The fourth-order valence-corrected chi connectivity index (χ4v) is 3.47. The standard InChI is InChI=1S/C16H29N3/c1-12(15-9-7-5-6-8-10-15)17-13(2)16-11-19(4)18-14(16)3/h11-13,15,17H,5-10H2,1-4H3/t12-,13?/m1/s1. The van der Waals surface area contributed by atoms with Gasteiger partial charge in [0, 0.05) is 30.9 Å². The molecule has 2 atom stereocenters. The molecule has 3 nitrogen and oxygen atoms in total. The highest BCUT2D eigenvalue weighted by molar-refractivity contribution is 5.19. The molecule has 1 aliphatic carbocycles. The van der Waals surface area contributed by atoms with Crippen LogP contribution in [0.4, 0.5) is 0 Å². The fourth-order valence-electron chi connectivity index (χ4n) is 3.47. The molecular formula is C16H29N3. The summed E-state index contributed by atoms with van der Waals surface area (Å²) in [4.78, 5) is 0. The van der Waals surface area contributed by atoms with Gasteiger partial charge in [0.05, 0.1) is 5.69 Å². The van der Waals surface area contributed by atoms with Crippen LogP contribution in [0.2, 0.25) is 0 Å². The maximum Gasteiger partial charge on any atom is 0.0641 e. The molecule has 0 aromatic carbocycles. The summed E-state index contributed by atoms with van der Waals surface area (Å²) in [7, 11) is 2.00. The molecule has 1 saturated carbocycles. The van der Waals surface area contributed by atoms with Gasteiger partial charge in [-0.3, -0.25) is 4.68 Å². The third-order valence-corrected chi connectivity index (χ3v) is 4.64. The van der Waals surface area contributed by atoms with Crippen LogP contribution in [0.25, 0.3) is 0 Å². The molecule has 0 radical (unpaired) electrons. The van der Waals surface area contributed by atoms with Gasteiger partial charge in [0.1, 0.15) is 0 Å². The molecule has 0 spiro atoms. The van der Waals surface area contributed by atoms with Crippen LogP contribution in [-0.2, 0) is 7.05 Å². The van der Waals surface area contributed by atoms with Gasteiger partial charge in [-0.15, -0.1) is 0 Å². The Labute approximate surface area is 117 Å². The van der Waals surface area contributed by atoms with Crippen molar-refractivity contribution in [2.75, 3.05) is 0 Å². The Balaban J connectivity index is 1.93. The number of nitrogens with one attached hydrogen (secondary N) is 1. The zero-order valence-electron chi connectivity index (χ0n) is 12.9. The van der Waals surface area contributed by atoms with Gasteiger partial charge in [-0.1, -0.05) is 25.7 Å². The molecule has 1 fully saturated rings. The van der Waals surface area contributed by atoms with E-state index in [1.54, 1.807) is 0 Å². The van der Waals surface area contributed by atoms with Gasteiger partial charge in [0.25, 0.3) is 0 Å². The smallest absolute Gasteiger partial charge is 0.0641 e. The molecule has 2 rings (SSSR count). The Morgan fingerprint density at radius 3 is 2.37 bits per heavy atom. The van der Waals surface area contributed by atoms with E-state index >= 15 is 0 Å². The second kappa shape index (κ2) is 6.56. The van der Waals surface area contributed by atoms with Crippen LogP contribution in [0.15, 0.2) is 6.20 Å². The molecule has 3 heteroatoms. The minimum Gasteiger partial charge on any atom is -0.307 e. The van der Waals surface area contributed by atoms with Crippen molar-refractivity contribution in [3.8, 4) is 0 Å². The average molecular weight is 263 g/mol. The molecule has 0 amide bonds. The third kappa shape index (κ3) is 3.82. The van der Waals surface area contributed by atoms with Gasteiger partial charge in [-0.25, -0.2) is 0 Å². The number of hydrogen-bond donors (Lipinski definition) is 1. The van der Waals surface area contributed by atoms with Crippen molar-refractivity contribution < 1.29 is 0 Å². The molecule has 1 aromatic heterocycles. The number of rotatable bonds is 4. The average Bonchev–Trinajstić information content (AvgIpc) is 2.58. The Morgan fingerprint density at radius 2 is 1.84 bits per heavy atom. The highest BCUT2D eigenvalue weighted by atomic mass is 15.3. The summed E-state index contributed by atoms with van der Waals surface area (Å²) in [6.07, 6.45) is 10.6. The first-order chi connectivity index (χ1) is 9.08. The molecule has 1 N–H and O–H groups in total. The lowest BCUT2D eigenvalue weighted by Crippen LogP contribution is -2.35. The maximum absolute atomic E-state index is 4.44. The van der Waals surface area contributed by atoms with Crippen molar-refractivity contribution in [3.05, 3.63) is 17.5 Å². The maximum atomic E-state index is 4.44. The molecule has 0 bridgehead atoms. The second-order valence-corrected chi connectivity index (χ2v) is 6.27. The first-order valence-electron chi connectivity index (χ1n) is 7.84. The minimum absolute atomic E-state index is 0.395. The minimum atomic E-state index is 0.395. The van der Waals surface area contributed by atoms with Crippen molar-refractivity contribution in [2.45, 2.75) is 71.4 Å². The number of aromatic nitrogens is 2. The molecule has 0 saturated heterocycles. The van der Waals surface area contributed by atoms with E-state index in [9.17, 15) is 0 Å². The number of nitrogens with zero attached hydrogens (tertiary/aromatic N) is 2. The summed E-state index contributed by atoms with van der Waals surface area (Å²) in [6, 6.07) is 1.000. The molecule has 1 heterocycles. The topological polar surface area (TPSA) is 29.9 Å². The normalized spacial score (nSPS) is 21.1. The van der Waals surface area contributed by atoms with Gasteiger partial charge in [0.2, 0.25) is 0 Å². The van der Waals surface area contributed by atoms with Crippen molar-refractivity contribution >= 4 is 0 Å². The lowest BCUT2D eigenvalue weighted by Gasteiger charge is -2.27. The van der Waals surface area contributed by atoms with Crippen LogP contribution in [0, 0.1) is 12.8 Å². The van der Waals surface area contributed by atoms with Gasteiger partial charge in [0.15, 0.2) is 0 Å². The van der Waals surface area contributed by atoms with E-state index in [0.717, 1.165) is 11.6 Å². The van der Waals surface area contributed by atoms with Crippen LogP contribution in [0.1, 0.15) is 69.7 Å². The summed E-state index contributed by atoms with van der Waals surface area (Å²) in [5.41, 5.74) is 2.48. The predicted octanol–water partition coefficient (Wildman–Crippen LogP) is 3.74.